The number of carbonyl (C=O) groups excluding carboxylic acids is 4. The Hall–Kier alpha value is -4.41. The Morgan fingerprint density at radius 1 is 0.974 bits per heavy atom. The number of nitrogens with one attached hydrogen (secondary N) is 2. The van der Waals surface area contributed by atoms with Crippen molar-refractivity contribution in [1.29, 1.82) is 0 Å². The van der Waals surface area contributed by atoms with Gasteiger partial charge in [-0.2, -0.15) is 5.10 Å². The summed E-state index contributed by atoms with van der Waals surface area (Å²) in [5.41, 5.74) is 4.38. The molecule has 2 N–H and O–H groups in total. The second kappa shape index (κ2) is 9.11. The fourth-order valence-electron chi connectivity index (χ4n) is 5.81. The third-order valence-corrected chi connectivity index (χ3v) is 8.18. The number of aromatic nitrogens is 4. The average molecular weight is 526 g/mol. The van der Waals surface area contributed by atoms with Gasteiger partial charge in [-0.3, -0.25) is 44.0 Å². The Morgan fingerprint density at radius 3 is 2.54 bits per heavy atom. The third kappa shape index (κ3) is 4.18. The van der Waals surface area contributed by atoms with Crippen molar-refractivity contribution < 1.29 is 19.2 Å². The Kier molecular flexibility index (Phi) is 5.53. The highest BCUT2D eigenvalue weighted by molar-refractivity contribution is 6.23. The molecular formula is C28H27N7O4. The summed E-state index contributed by atoms with van der Waals surface area (Å²) in [4.78, 5) is 59.4. The van der Waals surface area contributed by atoms with Gasteiger partial charge in [0.25, 0.3) is 11.8 Å². The van der Waals surface area contributed by atoms with Crippen LogP contribution in [0.5, 0.6) is 0 Å². The number of hydrogen-bond donors (Lipinski definition) is 2. The van der Waals surface area contributed by atoms with Gasteiger partial charge in [-0.05, 0) is 56.2 Å². The summed E-state index contributed by atoms with van der Waals surface area (Å²) < 4.78 is 2.09. The fraction of sp³-hybridized carbons (Fsp3) is 0.393. The van der Waals surface area contributed by atoms with Gasteiger partial charge in [-0.1, -0.05) is 0 Å². The lowest BCUT2D eigenvalue weighted by Gasteiger charge is -2.35. The molecule has 4 aliphatic rings. The Balaban J connectivity index is 0.987. The van der Waals surface area contributed by atoms with Crippen molar-refractivity contribution in [2.24, 2.45) is 5.92 Å². The molecule has 0 bridgehead atoms. The quantitative estimate of drug-likeness (QED) is 0.449. The Morgan fingerprint density at radius 2 is 1.79 bits per heavy atom. The van der Waals surface area contributed by atoms with Crippen molar-refractivity contribution in [2.45, 2.75) is 56.5 Å². The predicted molar refractivity (Wildman–Crippen MR) is 139 cm³/mol. The first-order valence-electron chi connectivity index (χ1n) is 13.4. The Labute approximate surface area is 224 Å². The minimum atomic E-state index is -0.962. The highest BCUT2D eigenvalue weighted by atomic mass is 16.2. The lowest BCUT2D eigenvalue weighted by molar-refractivity contribution is -0.136. The number of anilines is 1. The van der Waals surface area contributed by atoms with E-state index in [-0.39, 0.29) is 29.9 Å². The van der Waals surface area contributed by atoms with Gasteiger partial charge in [-0.25, -0.2) is 0 Å². The first kappa shape index (κ1) is 23.7. The number of fused-ring (bicyclic) bond motifs is 1. The third-order valence-electron chi connectivity index (χ3n) is 8.18. The molecule has 39 heavy (non-hydrogen) atoms. The summed E-state index contributed by atoms with van der Waals surface area (Å²) in [6.07, 6.45) is 11.9. The lowest BCUT2D eigenvalue weighted by Crippen LogP contribution is -2.54. The molecule has 0 radical (unpaired) electrons. The number of piperidine rings is 1. The molecule has 11 heteroatoms. The number of carbonyl (C=O) groups is 4. The number of rotatable bonds is 7. The number of benzene rings is 1. The lowest BCUT2D eigenvalue weighted by atomic mass is 9.80. The number of amides is 4. The second-order valence-electron chi connectivity index (χ2n) is 10.9. The van der Waals surface area contributed by atoms with Crippen LogP contribution in [0.2, 0.25) is 0 Å². The summed E-state index contributed by atoms with van der Waals surface area (Å²) in [6.45, 7) is 0.738. The number of hydrogen-bond acceptors (Lipinski definition) is 8. The summed E-state index contributed by atoms with van der Waals surface area (Å²) in [6, 6.07) is 4.47. The second-order valence-corrected chi connectivity index (χ2v) is 10.9. The molecule has 4 heterocycles. The molecule has 0 spiro atoms. The van der Waals surface area contributed by atoms with Gasteiger partial charge in [0, 0.05) is 48.7 Å². The maximum atomic E-state index is 13.1. The molecule has 1 atom stereocenters. The van der Waals surface area contributed by atoms with Crippen LogP contribution in [0.15, 0.2) is 43.0 Å². The highest BCUT2D eigenvalue weighted by Crippen LogP contribution is 2.45. The van der Waals surface area contributed by atoms with Crippen LogP contribution in [0, 0.1) is 5.92 Å². The molecule has 198 valence electrons. The van der Waals surface area contributed by atoms with Crippen molar-refractivity contribution in [1.82, 2.24) is 30.0 Å². The van der Waals surface area contributed by atoms with Gasteiger partial charge in [-0.15, -0.1) is 0 Å². The normalized spacial score (nSPS) is 24.4. The van der Waals surface area contributed by atoms with E-state index in [1.807, 2.05) is 0 Å². The van der Waals surface area contributed by atoms with Crippen molar-refractivity contribution in [3.05, 3.63) is 59.8 Å². The van der Waals surface area contributed by atoms with E-state index in [1.54, 1.807) is 36.8 Å². The smallest absolute Gasteiger partial charge is 0.262 e. The van der Waals surface area contributed by atoms with Gasteiger partial charge in [0.1, 0.15) is 6.04 Å². The molecular weight excluding hydrogens is 498 g/mol. The van der Waals surface area contributed by atoms with Gasteiger partial charge in [0.15, 0.2) is 0 Å². The van der Waals surface area contributed by atoms with Crippen LogP contribution < -0.4 is 10.6 Å². The van der Waals surface area contributed by atoms with Crippen molar-refractivity contribution in [2.75, 3.05) is 11.9 Å². The number of nitrogens with zero attached hydrogens (tertiary/aromatic N) is 5. The summed E-state index contributed by atoms with van der Waals surface area (Å²) in [5, 5.41) is 10.6. The fourth-order valence-corrected chi connectivity index (χ4v) is 5.81. The summed E-state index contributed by atoms with van der Waals surface area (Å²) >= 11 is 0. The molecule has 7 rings (SSSR count). The van der Waals surface area contributed by atoms with Crippen molar-refractivity contribution >= 4 is 29.3 Å². The van der Waals surface area contributed by atoms with Gasteiger partial charge < -0.3 is 5.32 Å². The zero-order valence-electron chi connectivity index (χ0n) is 21.2. The summed E-state index contributed by atoms with van der Waals surface area (Å²) in [5.74, 6) is -1.03. The van der Waals surface area contributed by atoms with Crippen LogP contribution in [0.25, 0.3) is 11.3 Å². The van der Waals surface area contributed by atoms with Crippen LogP contribution in [0.3, 0.4) is 0 Å². The van der Waals surface area contributed by atoms with Crippen LogP contribution in [-0.2, 0) is 9.59 Å². The topological polar surface area (TPSA) is 139 Å². The van der Waals surface area contributed by atoms with E-state index in [2.05, 4.69) is 31.5 Å². The molecule has 3 fully saturated rings. The van der Waals surface area contributed by atoms with Crippen LogP contribution in [-0.4, -0.2) is 60.9 Å². The number of imide groups is 2. The highest BCUT2D eigenvalue weighted by Gasteiger charge is 2.44. The molecule has 2 aliphatic heterocycles. The molecule has 1 unspecified atom stereocenters. The maximum Gasteiger partial charge on any atom is 0.262 e. The first-order chi connectivity index (χ1) is 19.0. The first-order valence-corrected chi connectivity index (χ1v) is 13.4. The van der Waals surface area contributed by atoms with E-state index in [9.17, 15) is 19.2 Å². The monoisotopic (exact) mass is 525 g/mol. The van der Waals surface area contributed by atoms with Crippen LogP contribution in [0.1, 0.15) is 76.9 Å². The molecule has 1 saturated heterocycles. The molecule has 2 aromatic heterocycles. The standard InChI is InChI=1S/C28H27N7O4/c36-24-6-5-23(26(37)32-24)35-27(38)19-4-3-17(11-20(19)28(35)39)31-12-15-9-18(10-15)34-14-21(22-13-29-7-8-30-22)25(33-34)16-1-2-16/h3-4,7-8,11,13-16,18,23,31H,1-2,5-6,9-10,12H2,(H,32,36,37)/t15-,18-,23?. The van der Waals surface area contributed by atoms with E-state index in [4.69, 9.17) is 5.10 Å². The van der Waals surface area contributed by atoms with E-state index < -0.39 is 23.8 Å². The SMILES string of the molecule is O=C1CCC(N2C(=O)c3ccc(NC[C@H]4C[C@H](n5cc(-c6cnccn6)c(C6CC6)n5)C4)cc3C2=O)C(=O)N1. The van der Waals surface area contributed by atoms with Crippen molar-refractivity contribution in [3.8, 4) is 11.3 Å². The molecule has 3 aromatic rings. The molecule has 4 amide bonds. The molecule has 2 saturated carbocycles. The van der Waals surface area contributed by atoms with Crippen LogP contribution in [0.4, 0.5) is 5.69 Å². The van der Waals surface area contributed by atoms with E-state index in [1.165, 1.54) is 12.8 Å². The largest absolute Gasteiger partial charge is 0.385 e. The molecule has 2 aliphatic carbocycles. The zero-order chi connectivity index (χ0) is 26.7. The minimum Gasteiger partial charge on any atom is -0.385 e. The van der Waals surface area contributed by atoms with Crippen LogP contribution >= 0.6 is 0 Å². The van der Waals surface area contributed by atoms with Crippen molar-refractivity contribution in [3.63, 3.8) is 0 Å². The van der Waals surface area contributed by atoms with Gasteiger partial charge >= 0.3 is 0 Å². The average Bonchev–Trinajstić information content (AvgIpc) is 3.62. The van der Waals surface area contributed by atoms with E-state index in [0.29, 0.717) is 17.9 Å². The maximum absolute atomic E-state index is 13.1. The van der Waals surface area contributed by atoms with Gasteiger partial charge in [0.05, 0.1) is 34.8 Å². The van der Waals surface area contributed by atoms with Gasteiger partial charge in [0.2, 0.25) is 11.8 Å². The molecule has 1 aromatic carbocycles. The predicted octanol–water partition coefficient (Wildman–Crippen LogP) is 2.68. The van der Waals surface area contributed by atoms with E-state index in [0.717, 1.165) is 46.9 Å². The minimum absolute atomic E-state index is 0.0983. The summed E-state index contributed by atoms with van der Waals surface area (Å²) in [7, 11) is 0. The van der Waals surface area contributed by atoms with E-state index >= 15 is 0 Å². The molecule has 11 nitrogen and oxygen atoms in total. The zero-order valence-corrected chi connectivity index (χ0v) is 21.2. The Bertz CT molecular complexity index is 1510.